The van der Waals surface area contributed by atoms with E-state index in [2.05, 4.69) is 31.9 Å². The predicted molar refractivity (Wildman–Crippen MR) is 198 cm³/mol. The minimum atomic E-state index is -1.27. The minimum absolute atomic E-state index is 0. The number of cyclic esters (lactones) is 2. The van der Waals surface area contributed by atoms with Crippen LogP contribution in [0, 0.1) is 11.8 Å². The van der Waals surface area contributed by atoms with Crippen molar-refractivity contribution in [2.75, 3.05) is 0 Å². The fourth-order valence-corrected chi connectivity index (χ4v) is 5.98. The molecule has 1 amide bonds. The topological polar surface area (TPSA) is 119 Å². The highest BCUT2D eigenvalue weighted by Crippen LogP contribution is 2.31. The molecule has 0 saturated carbocycles. The van der Waals surface area contributed by atoms with Crippen LogP contribution in [0.4, 0.5) is 0 Å². The Labute approximate surface area is 309 Å². The first-order chi connectivity index (χ1) is 20.9. The summed E-state index contributed by atoms with van der Waals surface area (Å²) in [5, 5.41) is 9.61. The Morgan fingerprint density at radius 2 is 1.47 bits per heavy atom. The minimum Gasteiger partial charge on any atom is -0.460 e. The highest BCUT2D eigenvalue weighted by Gasteiger charge is 2.44. The number of hydrogen-bond acceptors (Lipinski definition) is 8. The summed E-state index contributed by atoms with van der Waals surface area (Å²) < 4.78 is 17.8. The quantitative estimate of drug-likeness (QED) is 0.173. The second kappa shape index (κ2) is 18.7. The van der Waals surface area contributed by atoms with Crippen molar-refractivity contribution in [1.82, 2.24) is 4.81 Å². The lowest BCUT2D eigenvalue weighted by molar-refractivity contribution is -0.240. The van der Waals surface area contributed by atoms with E-state index >= 15 is 0 Å². The number of carbonyl (C=O) groups is 4. The molecule has 2 aromatic carbocycles. The second-order valence-corrected chi connectivity index (χ2v) is 14.8. The standard InChI is InChI=1S/C21H27BrO6.C12H15BBrNO2.2H2S/c1-20(2,3)26-17(23)12-14(10-13-6-8-15(22)9-7-13)11-16-18(24)27-21(4,5)28-19(16)25;1-13(17)15-11(6-7-12(15)16)8-9-2-4-10(14)5-3-9;;/h6-9,14,16H,10-12H2,1-5H3;2-5,11,17H,6-8H2,1H3;2*1H2/t14-;11-;;/m10../s1. The van der Waals surface area contributed by atoms with Crippen LogP contribution in [0.15, 0.2) is 57.5 Å². The summed E-state index contributed by atoms with van der Waals surface area (Å²) in [6.07, 6.45) is 2.96. The third kappa shape index (κ3) is 14.2. The van der Waals surface area contributed by atoms with E-state index in [1.165, 1.54) is 19.4 Å². The summed E-state index contributed by atoms with van der Waals surface area (Å²) in [4.78, 5) is 50.2. The molecular formula is C33H46BBr2NO8S2. The molecule has 47 heavy (non-hydrogen) atoms. The van der Waals surface area contributed by atoms with Gasteiger partial charge >= 0.3 is 25.0 Å². The third-order valence-electron chi connectivity index (χ3n) is 7.30. The molecule has 1 N–H and O–H groups in total. The molecule has 0 unspecified atom stereocenters. The van der Waals surface area contributed by atoms with Crippen LogP contribution in [0.25, 0.3) is 0 Å². The maximum atomic E-state index is 12.4. The van der Waals surface area contributed by atoms with Crippen LogP contribution >= 0.6 is 58.9 Å². The maximum Gasteiger partial charge on any atom is 0.411 e. The fraction of sp³-hybridized carbons (Fsp3) is 0.515. The number of halogens is 2. The molecule has 0 aromatic heterocycles. The van der Waals surface area contributed by atoms with Crippen LogP contribution in [0.2, 0.25) is 6.82 Å². The molecule has 0 spiro atoms. The number of hydrogen-bond donors (Lipinski definition) is 1. The summed E-state index contributed by atoms with van der Waals surface area (Å²) in [5.41, 5.74) is 1.58. The second-order valence-electron chi connectivity index (χ2n) is 13.0. The number of esters is 3. The molecule has 0 radical (unpaired) electrons. The van der Waals surface area contributed by atoms with Crippen molar-refractivity contribution in [1.29, 1.82) is 0 Å². The summed E-state index contributed by atoms with van der Waals surface area (Å²) >= 11 is 6.79. The molecule has 2 aliphatic rings. The lowest BCUT2D eigenvalue weighted by Crippen LogP contribution is -2.47. The van der Waals surface area contributed by atoms with Crippen molar-refractivity contribution in [2.45, 2.75) is 97.4 Å². The summed E-state index contributed by atoms with van der Waals surface area (Å²) in [6, 6.07) is 15.9. The van der Waals surface area contributed by atoms with E-state index in [0.717, 1.165) is 27.4 Å². The number of rotatable bonds is 9. The van der Waals surface area contributed by atoms with E-state index in [-0.39, 0.29) is 63.7 Å². The predicted octanol–water partition coefficient (Wildman–Crippen LogP) is 6.50. The van der Waals surface area contributed by atoms with Crippen LogP contribution in [-0.2, 0) is 46.2 Å². The first-order valence-electron chi connectivity index (χ1n) is 15.1. The Balaban J connectivity index is 0.000000500. The van der Waals surface area contributed by atoms with E-state index in [1.54, 1.807) is 32.4 Å². The van der Waals surface area contributed by atoms with Crippen molar-refractivity contribution < 1.29 is 38.4 Å². The van der Waals surface area contributed by atoms with Gasteiger partial charge in [-0.2, -0.15) is 27.0 Å². The van der Waals surface area contributed by atoms with Crippen LogP contribution in [0.3, 0.4) is 0 Å². The normalized spacial score (nSPS) is 18.0. The highest BCUT2D eigenvalue weighted by molar-refractivity contribution is 9.10. The number of carbonyl (C=O) groups excluding carboxylic acids is 4. The number of benzene rings is 2. The van der Waals surface area contributed by atoms with Crippen LogP contribution in [0.1, 0.15) is 71.4 Å². The molecule has 2 aromatic rings. The Kier molecular flexibility index (Phi) is 17.1. The van der Waals surface area contributed by atoms with E-state index < -0.39 is 36.3 Å². The fourth-order valence-electron chi connectivity index (χ4n) is 5.45. The van der Waals surface area contributed by atoms with Gasteiger partial charge in [-0.1, -0.05) is 56.1 Å². The van der Waals surface area contributed by atoms with E-state index in [9.17, 15) is 24.2 Å². The van der Waals surface area contributed by atoms with Crippen molar-refractivity contribution in [2.24, 2.45) is 11.8 Å². The average Bonchev–Trinajstić information content (AvgIpc) is 3.27. The van der Waals surface area contributed by atoms with Gasteiger partial charge in [0, 0.05) is 41.7 Å². The van der Waals surface area contributed by atoms with Crippen molar-refractivity contribution in [3.8, 4) is 0 Å². The first kappa shape index (κ1) is 43.0. The van der Waals surface area contributed by atoms with Crippen LogP contribution in [0.5, 0.6) is 0 Å². The van der Waals surface area contributed by atoms with Gasteiger partial charge in [-0.15, -0.1) is 0 Å². The zero-order valence-corrected chi connectivity index (χ0v) is 32.9. The molecule has 2 fully saturated rings. The Bertz CT molecular complexity index is 1330. The van der Waals surface area contributed by atoms with Gasteiger partial charge in [-0.05, 0) is 94.6 Å². The maximum absolute atomic E-state index is 12.4. The van der Waals surface area contributed by atoms with Crippen LogP contribution in [-0.4, -0.2) is 58.1 Å². The van der Waals surface area contributed by atoms with Gasteiger partial charge < -0.3 is 24.0 Å². The molecule has 4 rings (SSSR count). The Morgan fingerprint density at radius 3 is 1.94 bits per heavy atom. The Hall–Kier alpha value is -2.00. The zero-order valence-electron chi connectivity index (χ0n) is 27.7. The zero-order chi connectivity index (χ0) is 33.5. The summed E-state index contributed by atoms with van der Waals surface area (Å²) in [7, 11) is -0.689. The van der Waals surface area contributed by atoms with Crippen molar-refractivity contribution in [3.63, 3.8) is 0 Å². The van der Waals surface area contributed by atoms with Crippen molar-refractivity contribution >= 4 is 89.7 Å². The van der Waals surface area contributed by atoms with E-state index in [4.69, 9.17) is 14.2 Å². The molecule has 14 heteroatoms. The highest BCUT2D eigenvalue weighted by atomic mass is 79.9. The molecule has 260 valence electrons. The van der Waals surface area contributed by atoms with E-state index in [0.29, 0.717) is 12.8 Å². The average molecular weight is 819 g/mol. The summed E-state index contributed by atoms with van der Waals surface area (Å²) in [5.74, 6) is -4.14. The summed E-state index contributed by atoms with van der Waals surface area (Å²) in [6.45, 7) is 10.1. The molecule has 0 aliphatic carbocycles. The molecule has 2 heterocycles. The van der Waals surface area contributed by atoms with Gasteiger partial charge in [0.15, 0.2) is 5.92 Å². The number of amides is 1. The molecular weight excluding hydrogens is 773 g/mol. The van der Waals surface area contributed by atoms with E-state index in [1.807, 2.05) is 48.5 Å². The molecule has 9 nitrogen and oxygen atoms in total. The van der Waals surface area contributed by atoms with Gasteiger partial charge in [-0.3, -0.25) is 19.2 Å². The molecule has 0 bridgehead atoms. The van der Waals surface area contributed by atoms with Gasteiger partial charge in [0.05, 0.1) is 0 Å². The number of nitrogens with zero attached hydrogens (tertiary/aromatic N) is 1. The Morgan fingerprint density at radius 1 is 0.979 bits per heavy atom. The number of ether oxygens (including phenoxy) is 3. The van der Waals surface area contributed by atoms with Crippen molar-refractivity contribution in [3.05, 3.63) is 68.6 Å². The first-order valence-corrected chi connectivity index (χ1v) is 16.7. The largest absolute Gasteiger partial charge is 0.460 e. The lowest BCUT2D eigenvalue weighted by Gasteiger charge is -2.34. The SMILES string of the molecule is CB(O)N1C(=O)CC[C@H]1Cc1ccc(Br)cc1.CC(C)(C)OC(=O)C[C@H](Cc1ccc(Br)cc1)CC1C(=O)OC(C)(C)OC1=O.S.S. The van der Waals surface area contributed by atoms with Gasteiger partial charge in [-0.25, -0.2) is 0 Å². The van der Waals surface area contributed by atoms with Gasteiger partial charge in [0.2, 0.25) is 5.91 Å². The molecule has 2 atom stereocenters. The van der Waals surface area contributed by atoms with Gasteiger partial charge in [0.25, 0.3) is 5.79 Å². The third-order valence-corrected chi connectivity index (χ3v) is 8.36. The smallest absolute Gasteiger partial charge is 0.411 e. The lowest BCUT2D eigenvalue weighted by atomic mass is 9.83. The van der Waals surface area contributed by atoms with Gasteiger partial charge in [0.1, 0.15) is 5.60 Å². The van der Waals surface area contributed by atoms with Crippen LogP contribution < -0.4 is 0 Å². The molecule has 2 aliphatic heterocycles. The molecule has 2 saturated heterocycles. The monoisotopic (exact) mass is 817 g/mol.